The predicted octanol–water partition coefficient (Wildman–Crippen LogP) is 3.77. The van der Waals surface area contributed by atoms with E-state index in [1.54, 1.807) is 7.11 Å². The molecule has 0 bridgehead atoms. The molecule has 3 aliphatic heterocycles. The number of ether oxygens (including phenoxy) is 2. The minimum Gasteiger partial charge on any atom is -0.497 e. The molecule has 160 valence electrons. The fourth-order valence-corrected chi connectivity index (χ4v) is 4.73. The van der Waals surface area contributed by atoms with Crippen LogP contribution in [-0.2, 0) is 9.57 Å². The normalized spacial score (nSPS) is 26.0. The average molecular weight is 402 g/mol. The fraction of sp³-hybridized carbons (Fsp3) is 0.652. The minimum absolute atomic E-state index is 0.00272. The Morgan fingerprint density at radius 1 is 1.17 bits per heavy atom. The third-order valence-electron chi connectivity index (χ3n) is 6.67. The average Bonchev–Trinajstić information content (AvgIpc) is 3.35. The molecular weight excluding hydrogens is 366 g/mol. The molecule has 1 spiro atoms. The lowest BCUT2D eigenvalue weighted by Gasteiger charge is -2.40. The van der Waals surface area contributed by atoms with Gasteiger partial charge in [-0.3, -0.25) is 4.84 Å². The van der Waals surface area contributed by atoms with Crippen LogP contribution in [0.5, 0.6) is 5.75 Å². The van der Waals surface area contributed by atoms with Crippen molar-refractivity contribution in [2.24, 2.45) is 0 Å². The number of hydrogen-bond donors (Lipinski definition) is 0. The zero-order valence-electron chi connectivity index (χ0n) is 18.2. The molecule has 0 aliphatic carbocycles. The Morgan fingerprint density at radius 3 is 2.69 bits per heavy atom. The standard InChI is InChI=1S/C23H35N3O3/c1-18(2)24-13-9-23(10-14-24)16-22(17-28-23)29-26-12-6-11-25(26)19(3)20-7-5-8-21(15-20)27-4/h5-8,12,15,18-19,22H,9-11,13-14,16-17H2,1-4H3/t19-,22?/m0/s1. The molecule has 0 N–H and O–H groups in total. The fourth-order valence-electron chi connectivity index (χ4n) is 4.73. The molecule has 0 saturated carbocycles. The van der Waals surface area contributed by atoms with Crippen molar-refractivity contribution < 1.29 is 14.3 Å². The maximum Gasteiger partial charge on any atom is 0.119 e. The highest BCUT2D eigenvalue weighted by atomic mass is 16.7. The predicted molar refractivity (Wildman–Crippen MR) is 113 cm³/mol. The van der Waals surface area contributed by atoms with Gasteiger partial charge in [-0.05, 0) is 57.4 Å². The van der Waals surface area contributed by atoms with Gasteiger partial charge in [-0.2, -0.15) is 10.2 Å². The molecule has 29 heavy (non-hydrogen) atoms. The first-order chi connectivity index (χ1) is 14.0. The summed E-state index contributed by atoms with van der Waals surface area (Å²) in [5.74, 6) is 0.882. The van der Waals surface area contributed by atoms with Gasteiger partial charge in [-0.1, -0.05) is 12.1 Å². The van der Waals surface area contributed by atoms with Crippen LogP contribution in [0.2, 0.25) is 0 Å². The molecule has 3 aliphatic rings. The van der Waals surface area contributed by atoms with Gasteiger partial charge in [0.1, 0.15) is 11.9 Å². The van der Waals surface area contributed by atoms with Gasteiger partial charge in [-0.25, -0.2) is 0 Å². The molecule has 3 heterocycles. The van der Waals surface area contributed by atoms with E-state index in [-0.39, 0.29) is 17.7 Å². The Balaban J connectivity index is 1.35. The quantitative estimate of drug-likeness (QED) is 0.722. The monoisotopic (exact) mass is 401 g/mol. The Hall–Kier alpha value is -1.60. The summed E-state index contributed by atoms with van der Waals surface area (Å²) in [5, 5.41) is 4.15. The summed E-state index contributed by atoms with van der Waals surface area (Å²) >= 11 is 0. The first kappa shape index (κ1) is 20.7. The molecule has 6 nitrogen and oxygen atoms in total. The summed E-state index contributed by atoms with van der Waals surface area (Å²) in [7, 11) is 1.71. The molecule has 1 aromatic rings. The minimum atomic E-state index is 0.00272. The topological polar surface area (TPSA) is 37.4 Å². The number of rotatable bonds is 6. The van der Waals surface area contributed by atoms with E-state index in [0.29, 0.717) is 12.6 Å². The molecule has 2 fully saturated rings. The molecule has 0 aromatic heterocycles. The molecule has 6 heteroatoms. The first-order valence-electron chi connectivity index (χ1n) is 10.9. The van der Waals surface area contributed by atoms with Crippen LogP contribution in [0.15, 0.2) is 36.5 Å². The largest absolute Gasteiger partial charge is 0.497 e. The number of nitrogens with zero attached hydrogens (tertiary/aromatic N) is 3. The van der Waals surface area contributed by atoms with Gasteiger partial charge < -0.3 is 14.4 Å². The molecule has 2 atom stereocenters. The molecule has 4 rings (SSSR count). The summed E-state index contributed by atoms with van der Waals surface area (Å²) in [6, 6.07) is 9.05. The lowest BCUT2D eigenvalue weighted by Crippen LogP contribution is -2.47. The Kier molecular flexibility index (Phi) is 6.16. The second kappa shape index (κ2) is 8.64. The SMILES string of the molecule is COc1cccc([C@H](C)N2CC=CN2OC2COC3(CCN(C(C)C)CC3)C2)c1. The van der Waals surface area contributed by atoms with E-state index in [1.165, 1.54) is 5.56 Å². The van der Waals surface area contributed by atoms with Crippen molar-refractivity contribution in [1.82, 2.24) is 15.1 Å². The summed E-state index contributed by atoms with van der Waals surface area (Å²) in [6.07, 6.45) is 7.45. The zero-order valence-corrected chi connectivity index (χ0v) is 18.2. The molecular formula is C23H35N3O3. The summed E-state index contributed by atoms with van der Waals surface area (Å²) in [6.45, 7) is 10.5. The summed E-state index contributed by atoms with van der Waals surface area (Å²) in [5.41, 5.74) is 1.21. The van der Waals surface area contributed by atoms with Gasteiger partial charge in [0.05, 0.1) is 25.4 Å². The van der Waals surface area contributed by atoms with Crippen molar-refractivity contribution >= 4 is 0 Å². The number of piperidine rings is 1. The lowest BCUT2D eigenvalue weighted by molar-refractivity contribution is -0.276. The van der Waals surface area contributed by atoms with Crippen molar-refractivity contribution in [3.8, 4) is 5.75 Å². The van der Waals surface area contributed by atoms with E-state index in [2.05, 4.69) is 48.9 Å². The van der Waals surface area contributed by atoms with E-state index in [1.807, 2.05) is 23.5 Å². The van der Waals surface area contributed by atoms with E-state index in [4.69, 9.17) is 14.3 Å². The van der Waals surface area contributed by atoms with Gasteiger partial charge in [0.2, 0.25) is 0 Å². The highest BCUT2D eigenvalue weighted by Crippen LogP contribution is 2.38. The van der Waals surface area contributed by atoms with Crippen molar-refractivity contribution in [3.05, 3.63) is 42.1 Å². The summed E-state index contributed by atoms with van der Waals surface area (Å²) < 4.78 is 11.7. The Bertz CT molecular complexity index is 715. The van der Waals surface area contributed by atoms with Gasteiger partial charge in [-0.15, -0.1) is 0 Å². The number of benzene rings is 1. The van der Waals surface area contributed by atoms with Gasteiger partial charge in [0.15, 0.2) is 0 Å². The number of likely N-dealkylation sites (tertiary alicyclic amines) is 1. The third-order valence-corrected chi connectivity index (χ3v) is 6.67. The maximum absolute atomic E-state index is 6.39. The van der Waals surface area contributed by atoms with E-state index in [0.717, 1.165) is 44.6 Å². The van der Waals surface area contributed by atoms with E-state index >= 15 is 0 Å². The van der Waals surface area contributed by atoms with Crippen LogP contribution in [0, 0.1) is 0 Å². The second-order valence-electron chi connectivity index (χ2n) is 8.82. The van der Waals surface area contributed by atoms with Crippen molar-refractivity contribution in [2.45, 2.75) is 63.8 Å². The Morgan fingerprint density at radius 2 is 1.97 bits per heavy atom. The Labute approximate surface area is 174 Å². The zero-order chi connectivity index (χ0) is 20.4. The van der Waals surface area contributed by atoms with Crippen LogP contribution < -0.4 is 4.74 Å². The summed E-state index contributed by atoms with van der Waals surface area (Å²) in [4.78, 5) is 8.93. The number of hydroxylamine groups is 1. The molecule has 0 radical (unpaired) electrons. The molecule has 0 amide bonds. The van der Waals surface area contributed by atoms with Crippen LogP contribution in [0.1, 0.15) is 51.6 Å². The molecule has 1 unspecified atom stereocenters. The number of hydrogen-bond acceptors (Lipinski definition) is 6. The van der Waals surface area contributed by atoms with E-state index < -0.39 is 0 Å². The smallest absolute Gasteiger partial charge is 0.119 e. The van der Waals surface area contributed by atoms with Crippen LogP contribution in [0.25, 0.3) is 0 Å². The van der Waals surface area contributed by atoms with Crippen LogP contribution >= 0.6 is 0 Å². The lowest BCUT2D eigenvalue weighted by atomic mass is 9.87. The maximum atomic E-state index is 6.39. The highest BCUT2D eigenvalue weighted by molar-refractivity contribution is 5.30. The number of methoxy groups -OCH3 is 1. The van der Waals surface area contributed by atoms with Crippen LogP contribution in [0.4, 0.5) is 0 Å². The number of hydrazine groups is 1. The van der Waals surface area contributed by atoms with Crippen molar-refractivity contribution in [2.75, 3.05) is 33.4 Å². The van der Waals surface area contributed by atoms with Gasteiger partial charge in [0.25, 0.3) is 0 Å². The van der Waals surface area contributed by atoms with E-state index in [9.17, 15) is 0 Å². The van der Waals surface area contributed by atoms with Crippen LogP contribution in [0.3, 0.4) is 0 Å². The van der Waals surface area contributed by atoms with Crippen LogP contribution in [-0.4, -0.2) is 66.2 Å². The third kappa shape index (κ3) is 4.45. The first-order valence-corrected chi connectivity index (χ1v) is 10.9. The van der Waals surface area contributed by atoms with Gasteiger partial charge >= 0.3 is 0 Å². The molecule has 2 saturated heterocycles. The second-order valence-corrected chi connectivity index (χ2v) is 8.82. The van der Waals surface area contributed by atoms with Crippen molar-refractivity contribution in [1.29, 1.82) is 0 Å². The molecule has 1 aromatic carbocycles. The van der Waals surface area contributed by atoms with Crippen molar-refractivity contribution in [3.63, 3.8) is 0 Å². The van der Waals surface area contributed by atoms with Gasteiger partial charge in [0, 0.05) is 38.3 Å². The highest BCUT2D eigenvalue weighted by Gasteiger charge is 2.44.